The SMILES string of the molecule is CC1(C)COB(c2ccccc2CBr)OC1.OB(O)c1ccccc1CN(Cc1c2ccccc2nc2ccccc12)CN(Cc1ccccc1B(O)O)Cc1c2ccccc2nc2ccccc12.c1ccc2c(CNCNCc3c4ccccc4nc4ccccc34)c3ccccc3nc2c1. The molecule has 5 heterocycles. The quantitative estimate of drug-likeness (QED) is 0.0139. The fourth-order valence-electron chi connectivity index (χ4n) is 14.0. The molecule has 0 amide bonds. The van der Waals surface area contributed by atoms with E-state index in [4.69, 9.17) is 29.2 Å². The van der Waals surface area contributed by atoms with Crippen molar-refractivity contribution in [1.82, 2.24) is 40.4 Å². The lowest BCUT2D eigenvalue weighted by Crippen LogP contribution is -2.48. The molecule has 6 N–H and O–H groups in total. The lowest BCUT2D eigenvalue weighted by Gasteiger charge is -2.33. The minimum atomic E-state index is -1.63. The number of aromatic nitrogens is 4. The van der Waals surface area contributed by atoms with Gasteiger partial charge in [0.25, 0.3) is 0 Å². The molecular weight excluding hydrogens is 1330 g/mol. The zero-order valence-electron chi connectivity index (χ0n) is 57.1. The molecule has 4 aromatic heterocycles. The Morgan fingerprint density at radius 1 is 0.373 bits per heavy atom. The maximum Gasteiger partial charge on any atom is 0.494 e. The highest BCUT2D eigenvalue weighted by molar-refractivity contribution is 9.08. The third-order valence-electron chi connectivity index (χ3n) is 19.0. The summed E-state index contributed by atoms with van der Waals surface area (Å²) in [5.74, 6) is 0. The summed E-state index contributed by atoms with van der Waals surface area (Å²) in [5, 5.41) is 58.7. The molecule has 0 atom stereocenters. The molecule has 11 aromatic carbocycles. The average Bonchev–Trinajstić information content (AvgIpc) is 0.825. The van der Waals surface area contributed by atoms with Gasteiger partial charge in [0, 0.05) is 113 Å². The summed E-state index contributed by atoms with van der Waals surface area (Å²) < 4.78 is 11.6. The summed E-state index contributed by atoms with van der Waals surface area (Å²) in [6.07, 6.45) is 0. The largest absolute Gasteiger partial charge is 0.494 e. The van der Waals surface area contributed by atoms with Crippen LogP contribution in [0, 0.1) is 5.41 Å². The van der Waals surface area contributed by atoms with E-state index in [0.29, 0.717) is 50.4 Å². The van der Waals surface area contributed by atoms with E-state index in [1.54, 1.807) is 12.1 Å². The Bertz CT molecular complexity index is 4940. The van der Waals surface area contributed by atoms with Crippen molar-refractivity contribution in [2.75, 3.05) is 26.6 Å². The van der Waals surface area contributed by atoms with Crippen LogP contribution in [-0.2, 0) is 53.9 Å². The van der Waals surface area contributed by atoms with Crippen molar-refractivity contribution in [1.29, 1.82) is 0 Å². The van der Waals surface area contributed by atoms with Crippen LogP contribution in [0.2, 0.25) is 0 Å². The van der Waals surface area contributed by atoms with Gasteiger partial charge < -0.3 is 40.0 Å². The van der Waals surface area contributed by atoms with E-state index < -0.39 is 14.2 Å². The van der Waals surface area contributed by atoms with Gasteiger partial charge >= 0.3 is 21.4 Å². The Morgan fingerprint density at radius 3 is 0.961 bits per heavy atom. The third kappa shape index (κ3) is 15.9. The van der Waals surface area contributed by atoms with Gasteiger partial charge in [-0.15, -0.1) is 0 Å². The molecule has 0 spiro atoms. The molecule has 0 saturated carbocycles. The number of rotatable bonds is 20. The monoisotopic (exact) mass is 1410 g/mol. The first-order valence-electron chi connectivity index (χ1n) is 34.6. The number of fused-ring (bicyclic) bond motifs is 8. The van der Waals surface area contributed by atoms with Gasteiger partial charge in [-0.3, -0.25) is 9.80 Å². The number of para-hydroxylation sites is 8. The number of halogens is 1. The Kier molecular flexibility index (Phi) is 21.9. The zero-order chi connectivity index (χ0) is 69.9. The van der Waals surface area contributed by atoms with Gasteiger partial charge in [-0.25, -0.2) is 19.9 Å². The Labute approximate surface area is 603 Å². The lowest BCUT2D eigenvalue weighted by molar-refractivity contribution is 0.0342. The average molecular weight is 1410 g/mol. The molecule has 14 nitrogen and oxygen atoms in total. The van der Waals surface area contributed by atoms with Crippen LogP contribution < -0.4 is 27.0 Å². The standard InChI is InChI=1S/C43H38B2N4O4.C29H24N4.C12H16BBrO2/c50-44(51)38-19-7-1-13-30(38)25-48(27-36-32-15-3-9-21-40(32)46-41-22-10-4-16-33(36)41)29-49(26-31-14-2-8-20-39(31)45(52)53)28-37-34-17-5-11-23-42(34)47-43-24-12-6-18-35(37)43;1-5-13-26-20(9-1)24(21-10-2-6-14-27(21)32-26)17-30-19-31-18-25-22-11-3-7-15-28(22)33-29-16-8-4-12-23(25)29;1-12(2)8-15-13(16-9-12)11-6-4-3-5-10(11)7-14/h1-24,50-53H,25-29H2;1-16,30-31H,17-19H2;3-6H,7-9H2,1-2H3. The van der Waals surface area contributed by atoms with Crippen LogP contribution >= 0.6 is 15.9 Å². The zero-order valence-corrected chi connectivity index (χ0v) is 58.7. The number of nitrogens with zero attached hydrogens (tertiary/aromatic N) is 6. The van der Waals surface area contributed by atoms with Crippen LogP contribution in [0.15, 0.2) is 267 Å². The maximum absolute atomic E-state index is 10.4. The Balaban J connectivity index is 0.000000151. The van der Waals surface area contributed by atoms with Gasteiger partial charge in [-0.2, -0.15) is 0 Å². The van der Waals surface area contributed by atoms with Crippen LogP contribution in [0.5, 0.6) is 0 Å². The summed E-state index contributed by atoms with van der Waals surface area (Å²) in [6, 6.07) is 89.3. The van der Waals surface area contributed by atoms with Crippen molar-refractivity contribution in [2.45, 2.75) is 58.4 Å². The highest BCUT2D eigenvalue weighted by Crippen LogP contribution is 2.33. The van der Waals surface area contributed by atoms with Gasteiger partial charge in [0.05, 0.1) is 50.8 Å². The van der Waals surface area contributed by atoms with E-state index in [-0.39, 0.29) is 12.5 Å². The number of alkyl halides is 1. The van der Waals surface area contributed by atoms with Crippen molar-refractivity contribution >= 4 is 141 Å². The highest BCUT2D eigenvalue weighted by atomic mass is 79.9. The molecule has 16 rings (SSSR count). The first kappa shape index (κ1) is 69.5. The van der Waals surface area contributed by atoms with E-state index in [9.17, 15) is 20.1 Å². The van der Waals surface area contributed by atoms with Gasteiger partial charge in [0.1, 0.15) is 0 Å². The minimum absolute atomic E-state index is 0.125. The fraction of sp³-hybridized carbons (Fsp3) is 0.167. The molecule has 1 fully saturated rings. The van der Waals surface area contributed by atoms with E-state index >= 15 is 0 Å². The van der Waals surface area contributed by atoms with E-state index in [1.807, 2.05) is 146 Å². The molecule has 18 heteroatoms. The van der Waals surface area contributed by atoms with Gasteiger partial charge in [-0.05, 0) is 104 Å². The molecule has 0 bridgehead atoms. The van der Waals surface area contributed by atoms with Crippen LogP contribution in [-0.4, -0.2) is 97.7 Å². The molecule has 1 aliphatic heterocycles. The third-order valence-corrected chi connectivity index (χ3v) is 19.6. The summed E-state index contributed by atoms with van der Waals surface area (Å²) in [5.41, 5.74) is 17.6. The molecule has 102 heavy (non-hydrogen) atoms. The van der Waals surface area contributed by atoms with E-state index in [2.05, 4.69) is 159 Å². The Morgan fingerprint density at radius 2 is 0.647 bits per heavy atom. The number of hydrogen-bond donors (Lipinski definition) is 6. The smallest absolute Gasteiger partial charge is 0.423 e. The van der Waals surface area contributed by atoms with Crippen LogP contribution in [0.1, 0.15) is 52.8 Å². The van der Waals surface area contributed by atoms with E-state index in [0.717, 1.165) is 125 Å². The number of benzene rings is 11. The van der Waals surface area contributed by atoms with E-state index in [1.165, 1.54) is 38.2 Å². The van der Waals surface area contributed by atoms with Crippen LogP contribution in [0.4, 0.5) is 0 Å². The molecule has 506 valence electrons. The highest BCUT2D eigenvalue weighted by Gasteiger charge is 2.34. The summed E-state index contributed by atoms with van der Waals surface area (Å²) in [6.45, 7) is 10.4. The molecule has 0 radical (unpaired) electrons. The summed E-state index contributed by atoms with van der Waals surface area (Å²) in [7, 11) is -3.46. The van der Waals surface area contributed by atoms with Crippen LogP contribution in [0.25, 0.3) is 87.2 Å². The minimum Gasteiger partial charge on any atom is -0.423 e. The number of pyridine rings is 4. The van der Waals surface area contributed by atoms with Gasteiger partial charge in [-0.1, -0.05) is 248 Å². The maximum atomic E-state index is 10.4. The second kappa shape index (κ2) is 32.1. The second-order valence-electron chi connectivity index (χ2n) is 26.7. The molecule has 0 aliphatic carbocycles. The predicted octanol–water partition coefficient (Wildman–Crippen LogP) is 13.4. The molecule has 15 aromatic rings. The van der Waals surface area contributed by atoms with Crippen LogP contribution in [0.3, 0.4) is 0 Å². The first-order valence-corrected chi connectivity index (χ1v) is 35.7. The fourth-order valence-corrected chi connectivity index (χ4v) is 14.5. The van der Waals surface area contributed by atoms with Gasteiger partial charge in [0.15, 0.2) is 0 Å². The Hall–Kier alpha value is -9.63. The van der Waals surface area contributed by atoms with Crippen molar-refractivity contribution in [2.24, 2.45) is 5.41 Å². The van der Waals surface area contributed by atoms with Crippen molar-refractivity contribution in [3.63, 3.8) is 0 Å². The van der Waals surface area contributed by atoms with Crippen molar-refractivity contribution < 1.29 is 29.4 Å². The topological polar surface area (TPSA) is 181 Å². The second-order valence-corrected chi connectivity index (χ2v) is 27.3. The number of nitrogens with one attached hydrogen (secondary N) is 2. The molecule has 1 aliphatic rings. The van der Waals surface area contributed by atoms with Crippen molar-refractivity contribution in [3.05, 3.63) is 306 Å². The van der Waals surface area contributed by atoms with Gasteiger partial charge in [0.2, 0.25) is 0 Å². The number of hydrogen-bond acceptors (Lipinski definition) is 14. The normalized spacial score (nSPS) is 13.0. The van der Waals surface area contributed by atoms with Crippen molar-refractivity contribution in [3.8, 4) is 0 Å². The lowest BCUT2D eigenvalue weighted by atomic mass is 9.74. The molecular formula is C84H78B3BrN8O6. The summed E-state index contributed by atoms with van der Waals surface area (Å²) >= 11 is 3.49. The summed E-state index contributed by atoms with van der Waals surface area (Å²) in [4.78, 5) is 24.2. The first-order chi connectivity index (χ1) is 49.9. The molecule has 1 saturated heterocycles. The predicted molar refractivity (Wildman–Crippen MR) is 422 cm³/mol. The molecule has 0 unspecified atom stereocenters.